The highest BCUT2D eigenvalue weighted by atomic mass is 16.6. The van der Waals surface area contributed by atoms with E-state index in [1.165, 1.54) is 0 Å². The van der Waals surface area contributed by atoms with Gasteiger partial charge in [0.2, 0.25) is 5.91 Å². The number of carbonyl (C=O) groups excluding carboxylic acids is 1. The standard InChI is InChI=1S/C8H19N3O2/c1-2-4-11-8(12)7-10-5-3-6-13-9/h10H,2-7,9H2,1H3,(H,11,12). The van der Waals surface area contributed by atoms with E-state index >= 15 is 0 Å². The van der Waals surface area contributed by atoms with Gasteiger partial charge in [0.1, 0.15) is 0 Å². The topological polar surface area (TPSA) is 76.4 Å². The van der Waals surface area contributed by atoms with Crippen LogP contribution in [0.1, 0.15) is 19.8 Å². The molecule has 5 heteroatoms. The van der Waals surface area contributed by atoms with Gasteiger partial charge >= 0.3 is 0 Å². The zero-order valence-corrected chi connectivity index (χ0v) is 8.14. The summed E-state index contributed by atoms with van der Waals surface area (Å²) in [5.41, 5.74) is 0. The van der Waals surface area contributed by atoms with Crippen molar-refractivity contribution in [2.24, 2.45) is 5.90 Å². The molecule has 13 heavy (non-hydrogen) atoms. The molecular weight excluding hydrogens is 170 g/mol. The smallest absolute Gasteiger partial charge is 0.233 e. The van der Waals surface area contributed by atoms with E-state index in [0.717, 1.165) is 25.9 Å². The Morgan fingerprint density at radius 1 is 1.46 bits per heavy atom. The molecule has 0 bridgehead atoms. The van der Waals surface area contributed by atoms with E-state index in [2.05, 4.69) is 15.5 Å². The Morgan fingerprint density at radius 2 is 2.23 bits per heavy atom. The molecule has 0 aliphatic carbocycles. The summed E-state index contributed by atoms with van der Waals surface area (Å²) < 4.78 is 0. The summed E-state index contributed by atoms with van der Waals surface area (Å²) in [5.74, 6) is 4.87. The molecule has 5 nitrogen and oxygen atoms in total. The second-order valence-electron chi connectivity index (χ2n) is 2.75. The van der Waals surface area contributed by atoms with Crippen LogP contribution in [0.25, 0.3) is 0 Å². The molecule has 0 unspecified atom stereocenters. The van der Waals surface area contributed by atoms with Crippen molar-refractivity contribution < 1.29 is 9.63 Å². The fourth-order valence-electron chi connectivity index (χ4n) is 0.809. The van der Waals surface area contributed by atoms with Gasteiger partial charge in [-0.15, -0.1) is 0 Å². The van der Waals surface area contributed by atoms with Gasteiger partial charge in [0.25, 0.3) is 0 Å². The summed E-state index contributed by atoms with van der Waals surface area (Å²) in [6.45, 7) is 4.39. The van der Waals surface area contributed by atoms with Crippen molar-refractivity contribution in [3.63, 3.8) is 0 Å². The third-order valence-corrected chi connectivity index (χ3v) is 1.47. The van der Waals surface area contributed by atoms with E-state index in [1.807, 2.05) is 6.92 Å². The number of hydrogen-bond donors (Lipinski definition) is 3. The van der Waals surface area contributed by atoms with Crippen LogP contribution in [0.3, 0.4) is 0 Å². The van der Waals surface area contributed by atoms with Crippen LogP contribution in [0, 0.1) is 0 Å². The molecule has 78 valence electrons. The predicted molar refractivity (Wildman–Crippen MR) is 50.9 cm³/mol. The largest absolute Gasteiger partial charge is 0.355 e. The number of carbonyl (C=O) groups is 1. The first-order chi connectivity index (χ1) is 6.31. The summed E-state index contributed by atoms with van der Waals surface area (Å²) >= 11 is 0. The molecule has 0 aromatic heterocycles. The Kier molecular flexibility index (Phi) is 8.97. The minimum Gasteiger partial charge on any atom is -0.355 e. The van der Waals surface area contributed by atoms with E-state index in [0.29, 0.717) is 13.2 Å². The van der Waals surface area contributed by atoms with Gasteiger partial charge in [-0.05, 0) is 19.4 Å². The van der Waals surface area contributed by atoms with Gasteiger partial charge < -0.3 is 15.5 Å². The van der Waals surface area contributed by atoms with E-state index in [1.54, 1.807) is 0 Å². The van der Waals surface area contributed by atoms with Gasteiger partial charge in [-0.2, -0.15) is 0 Å². The van der Waals surface area contributed by atoms with Gasteiger partial charge in [0, 0.05) is 6.54 Å². The summed E-state index contributed by atoms with van der Waals surface area (Å²) in [6.07, 6.45) is 1.78. The van der Waals surface area contributed by atoms with E-state index in [4.69, 9.17) is 5.90 Å². The van der Waals surface area contributed by atoms with Crippen LogP contribution >= 0.6 is 0 Å². The van der Waals surface area contributed by atoms with Crippen molar-refractivity contribution >= 4 is 5.91 Å². The first kappa shape index (κ1) is 12.3. The molecule has 0 aliphatic heterocycles. The molecule has 0 aromatic carbocycles. The number of nitrogens with one attached hydrogen (secondary N) is 2. The molecule has 0 saturated carbocycles. The number of rotatable bonds is 8. The lowest BCUT2D eigenvalue weighted by molar-refractivity contribution is -0.120. The van der Waals surface area contributed by atoms with Crippen LogP contribution in [-0.4, -0.2) is 32.1 Å². The molecule has 0 saturated heterocycles. The molecule has 4 N–H and O–H groups in total. The van der Waals surface area contributed by atoms with Gasteiger partial charge in [0.05, 0.1) is 13.2 Å². The zero-order valence-electron chi connectivity index (χ0n) is 8.14. The average molecular weight is 189 g/mol. The quantitative estimate of drug-likeness (QED) is 0.351. The highest BCUT2D eigenvalue weighted by molar-refractivity contribution is 5.77. The second kappa shape index (κ2) is 9.44. The molecule has 0 spiro atoms. The third kappa shape index (κ3) is 9.26. The van der Waals surface area contributed by atoms with Crippen molar-refractivity contribution in [3.05, 3.63) is 0 Å². The highest BCUT2D eigenvalue weighted by Crippen LogP contribution is 1.75. The lowest BCUT2D eigenvalue weighted by atomic mass is 10.4. The molecule has 0 heterocycles. The van der Waals surface area contributed by atoms with Gasteiger partial charge in [-0.25, -0.2) is 5.90 Å². The Hall–Kier alpha value is -0.650. The van der Waals surface area contributed by atoms with Crippen LogP contribution < -0.4 is 16.5 Å². The van der Waals surface area contributed by atoms with Crippen molar-refractivity contribution in [1.82, 2.24) is 10.6 Å². The second-order valence-corrected chi connectivity index (χ2v) is 2.75. The minimum atomic E-state index is 0.0375. The molecule has 0 radical (unpaired) electrons. The average Bonchev–Trinajstić information content (AvgIpc) is 2.14. The van der Waals surface area contributed by atoms with Crippen molar-refractivity contribution in [2.75, 3.05) is 26.2 Å². The minimum absolute atomic E-state index is 0.0375. The monoisotopic (exact) mass is 189 g/mol. The van der Waals surface area contributed by atoms with Crippen molar-refractivity contribution in [2.45, 2.75) is 19.8 Å². The first-order valence-corrected chi connectivity index (χ1v) is 4.60. The predicted octanol–water partition coefficient (Wildman–Crippen LogP) is -0.617. The van der Waals surface area contributed by atoms with E-state index < -0.39 is 0 Å². The summed E-state index contributed by atoms with van der Waals surface area (Å²) in [4.78, 5) is 15.4. The highest BCUT2D eigenvalue weighted by Gasteiger charge is 1.97. The number of nitrogens with two attached hydrogens (primary N) is 1. The van der Waals surface area contributed by atoms with Crippen LogP contribution in [-0.2, 0) is 9.63 Å². The third-order valence-electron chi connectivity index (χ3n) is 1.47. The molecule has 0 aliphatic rings. The molecule has 0 aromatic rings. The SMILES string of the molecule is CCCNC(=O)CNCCCON. The Bertz CT molecular complexity index is 131. The Balaban J connectivity index is 3.08. The summed E-state index contributed by atoms with van der Waals surface area (Å²) in [7, 11) is 0. The maximum Gasteiger partial charge on any atom is 0.233 e. The Labute approximate surface area is 79.0 Å². The van der Waals surface area contributed by atoms with Gasteiger partial charge in [-0.1, -0.05) is 6.92 Å². The zero-order chi connectivity index (χ0) is 9.94. The lowest BCUT2D eigenvalue weighted by Gasteiger charge is -2.04. The lowest BCUT2D eigenvalue weighted by Crippen LogP contribution is -2.34. The van der Waals surface area contributed by atoms with Crippen molar-refractivity contribution in [3.8, 4) is 0 Å². The van der Waals surface area contributed by atoms with Crippen LogP contribution in [0.15, 0.2) is 0 Å². The summed E-state index contributed by atoms with van der Waals surface area (Å²) in [6, 6.07) is 0. The van der Waals surface area contributed by atoms with Crippen LogP contribution in [0.5, 0.6) is 0 Å². The van der Waals surface area contributed by atoms with Crippen molar-refractivity contribution in [1.29, 1.82) is 0 Å². The summed E-state index contributed by atoms with van der Waals surface area (Å²) in [5, 5.41) is 5.75. The van der Waals surface area contributed by atoms with E-state index in [9.17, 15) is 4.79 Å². The van der Waals surface area contributed by atoms with Gasteiger partial charge in [0.15, 0.2) is 0 Å². The molecule has 0 atom stereocenters. The van der Waals surface area contributed by atoms with Crippen LogP contribution in [0.4, 0.5) is 0 Å². The normalized spacial score (nSPS) is 10.0. The molecule has 0 fully saturated rings. The number of amides is 1. The maximum atomic E-state index is 11.0. The molecular formula is C8H19N3O2. The van der Waals surface area contributed by atoms with Crippen LogP contribution in [0.2, 0.25) is 0 Å². The fourth-order valence-corrected chi connectivity index (χ4v) is 0.809. The molecule has 1 amide bonds. The maximum absolute atomic E-state index is 11.0. The fraction of sp³-hybridized carbons (Fsp3) is 0.875. The number of hydrogen-bond acceptors (Lipinski definition) is 4. The first-order valence-electron chi connectivity index (χ1n) is 4.60. The van der Waals surface area contributed by atoms with Gasteiger partial charge in [-0.3, -0.25) is 4.79 Å². The Morgan fingerprint density at radius 3 is 2.85 bits per heavy atom. The van der Waals surface area contributed by atoms with E-state index in [-0.39, 0.29) is 5.91 Å². The molecule has 0 rings (SSSR count).